The van der Waals surface area contributed by atoms with Crippen molar-refractivity contribution in [2.45, 2.75) is 60.6 Å². The summed E-state index contributed by atoms with van der Waals surface area (Å²) in [6.45, 7) is 13.0. The number of carbonyl (C=O) groups is 1. The van der Waals surface area contributed by atoms with Crippen molar-refractivity contribution in [2.75, 3.05) is 23.2 Å². The van der Waals surface area contributed by atoms with E-state index in [9.17, 15) is 23.8 Å². The van der Waals surface area contributed by atoms with Gasteiger partial charge in [0.2, 0.25) is 5.72 Å². The number of fused-ring (bicyclic) bond motifs is 1. The number of amides is 1. The van der Waals surface area contributed by atoms with Gasteiger partial charge in [-0.1, -0.05) is 41.5 Å². The molecule has 2 aliphatic rings. The van der Waals surface area contributed by atoms with E-state index >= 15 is 0 Å². The van der Waals surface area contributed by atoms with Crippen LogP contribution in [0.25, 0.3) is 0 Å². The lowest BCUT2D eigenvalue weighted by molar-refractivity contribution is -0.173. The normalized spacial score (nSPS) is 25.4. The highest BCUT2D eigenvalue weighted by Crippen LogP contribution is 2.54. The van der Waals surface area contributed by atoms with Crippen molar-refractivity contribution in [3.63, 3.8) is 0 Å². The number of nitrogens with one attached hydrogen (secondary N) is 2. The van der Waals surface area contributed by atoms with Crippen LogP contribution in [0.15, 0.2) is 34.3 Å². The van der Waals surface area contributed by atoms with E-state index in [0.29, 0.717) is 6.42 Å². The second-order valence-corrected chi connectivity index (χ2v) is 13.7. The Labute approximate surface area is 213 Å². The van der Waals surface area contributed by atoms with Crippen LogP contribution in [-0.4, -0.2) is 54.5 Å². The molecule has 36 heavy (non-hydrogen) atoms. The molecule has 0 spiro atoms. The molecule has 0 aliphatic carbocycles. The number of aliphatic hydroxyl groups excluding tert-OH is 1. The molecule has 3 atom stereocenters. The summed E-state index contributed by atoms with van der Waals surface area (Å²) in [5.74, 6) is -1.42. The number of rotatable bonds is 7. The van der Waals surface area contributed by atoms with Gasteiger partial charge in [0.05, 0.1) is 17.6 Å². The van der Waals surface area contributed by atoms with E-state index in [1.54, 1.807) is 27.7 Å². The molecule has 2 heterocycles. The van der Waals surface area contributed by atoms with Crippen LogP contribution in [0.4, 0.5) is 11.4 Å². The second kappa shape index (κ2) is 9.57. The van der Waals surface area contributed by atoms with Crippen molar-refractivity contribution >= 4 is 47.2 Å². The molecule has 0 saturated heterocycles. The van der Waals surface area contributed by atoms with Crippen LogP contribution in [0, 0.1) is 10.8 Å². The van der Waals surface area contributed by atoms with Crippen LogP contribution >= 0.6 is 7.52 Å². The molecule has 11 nitrogen and oxygen atoms in total. The first-order valence-electron chi connectivity index (χ1n) is 11.6. The molecule has 0 bridgehead atoms. The first-order valence-corrected chi connectivity index (χ1v) is 14.3. The zero-order chi connectivity index (χ0) is 27.3. The monoisotopic (exact) mass is 542 g/mol. The maximum atomic E-state index is 13.9. The van der Waals surface area contributed by atoms with Gasteiger partial charge in [0.15, 0.2) is 11.6 Å². The average Bonchev–Trinajstić information content (AvgIpc) is 2.92. The fraction of sp³-hybridized carbons (Fsp3) is 0.565. The molecule has 200 valence electrons. The van der Waals surface area contributed by atoms with E-state index in [1.807, 2.05) is 20.8 Å². The Balaban J connectivity index is 2.15. The van der Waals surface area contributed by atoms with Crippen LogP contribution in [0.3, 0.4) is 0 Å². The summed E-state index contributed by atoms with van der Waals surface area (Å²) in [6, 6.07) is 4.35. The Morgan fingerprint density at radius 3 is 2.42 bits per heavy atom. The van der Waals surface area contributed by atoms with Gasteiger partial charge >= 0.3 is 7.52 Å². The Bertz CT molecular complexity index is 1200. The quantitative estimate of drug-likeness (QED) is 0.257. The fourth-order valence-corrected chi connectivity index (χ4v) is 6.26. The third kappa shape index (κ3) is 5.10. The van der Waals surface area contributed by atoms with Crippen molar-refractivity contribution in [1.29, 1.82) is 0 Å². The zero-order valence-corrected chi connectivity index (χ0v) is 23.3. The predicted octanol–water partition coefficient (Wildman–Crippen LogP) is 3.74. The molecule has 0 aromatic heterocycles. The third-order valence-electron chi connectivity index (χ3n) is 6.08. The number of hydrogen-bond acceptors (Lipinski definition) is 7. The van der Waals surface area contributed by atoms with Gasteiger partial charge in [-0.15, -0.1) is 0 Å². The molecule has 13 heteroatoms. The molecule has 3 rings (SSSR count). The molecule has 0 saturated carbocycles. The summed E-state index contributed by atoms with van der Waals surface area (Å²) in [5.41, 5.74) is -2.93. The van der Waals surface area contributed by atoms with E-state index in [1.165, 1.54) is 23.1 Å². The zero-order valence-electron chi connectivity index (χ0n) is 21.6. The molecular formula is C23H35N4O7PS. The lowest BCUT2D eigenvalue weighted by atomic mass is 9.80. The maximum absolute atomic E-state index is 13.9. The van der Waals surface area contributed by atoms with Gasteiger partial charge in [-0.25, -0.2) is 4.21 Å². The van der Waals surface area contributed by atoms with E-state index in [0.717, 1.165) is 0 Å². The number of carbonyl (C=O) groups excluding carboxylic acids is 1. The van der Waals surface area contributed by atoms with Crippen LogP contribution in [0.1, 0.15) is 54.9 Å². The van der Waals surface area contributed by atoms with Crippen molar-refractivity contribution in [1.82, 2.24) is 4.90 Å². The number of hydrogen-bond donors (Lipinski definition) is 5. The molecule has 2 aliphatic heterocycles. The minimum Gasteiger partial charge on any atom is -0.506 e. The summed E-state index contributed by atoms with van der Waals surface area (Å²) in [6.07, 6.45) is 0.555. The molecule has 3 unspecified atom stereocenters. The molecule has 1 aromatic carbocycles. The van der Waals surface area contributed by atoms with Gasteiger partial charge in [-0.3, -0.25) is 18.6 Å². The van der Waals surface area contributed by atoms with Gasteiger partial charge in [0, 0.05) is 17.6 Å². The Morgan fingerprint density at radius 1 is 1.25 bits per heavy atom. The van der Waals surface area contributed by atoms with Gasteiger partial charge < -0.3 is 25.0 Å². The van der Waals surface area contributed by atoms with Crippen LogP contribution in [-0.2, 0) is 25.1 Å². The molecule has 1 aromatic rings. The number of anilines is 2. The Morgan fingerprint density at radius 2 is 1.89 bits per heavy atom. The predicted molar refractivity (Wildman–Crippen MR) is 141 cm³/mol. The lowest BCUT2D eigenvalue weighted by Crippen LogP contribution is -2.57. The summed E-state index contributed by atoms with van der Waals surface area (Å²) in [5, 5.41) is 26.1. The molecule has 1 amide bonds. The van der Waals surface area contributed by atoms with E-state index < -0.39 is 41.6 Å². The number of amidine groups is 1. The highest BCUT2D eigenvalue weighted by molar-refractivity contribution is 7.80. The Kier molecular flexibility index (Phi) is 7.53. The summed E-state index contributed by atoms with van der Waals surface area (Å²) in [4.78, 5) is 14.9. The summed E-state index contributed by atoms with van der Waals surface area (Å²) in [7, 11) is -3.97. The molecule has 0 fully saturated rings. The topological polar surface area (TPSA) is 161 Å². The van der Waals surface area contributed by atoms with E-state index in [2.05, 4.69) is 14.8 Å². The van der Waals surface area contributed by atoms with Gasteiger partial charge in [0.1, 0.15) is 5.57 Å². The standard InChI is InChI=1S/C23H35N4O7PS/c1-8-34-35(31)16-13-14(26-36(32)33)9-10-15(16)24-19(25-35)17-18(28)23(30,22(5,6)7)27(20(17)29)12-11-21(2,3)4/h9-10,13,26,28,30H,8,11-12H2,1-7H3,(H,32,33)(H,24,25,31). The first kappa shape index (κ1) is 28.3. The average molecular weight is 543 g/mol. The molecule has 5 N–H and O–H groups in total. The summed E-state index contributed by atoms with van der Waals surface area (Å²) < 4.78 is 46.2. The number of aliphatic hydroxyl groups is 2. The van der Waals surface area contributed by atoms with Crippen molar-refractivity contribution in [3.8, 4) is 0 Å². The Hall–Kier alpha value is -2.24. The van der Waals surface area contributed by atoms with Crippen molar-refractivity contribution in [3.05, 3.63) is 29.5 Å². The molecule has 0 radical (unpaired) electrons. The third-order valence-corrected chi connectivity index (χ3v) is 8.54. The van der Waals surface area contributed by atoms with Gasteiger partial charge in [-0.05, 0) is 37.0 Å². The lowest BCUT2D eigenvalue weighted by Gasteiger charge is -2.44. The molecular weight excluding hydrogens is 507 g/mol. The smallest absolute Gasteiger partial charge is 0.348 e. The second-order valence-electron chi connectivity index (χ2n) is 11.0. The van der Waals surface area contributed by atoms with Crippen LogP contribution < -0.4 is 15.3 Å². The van der Waals surface area contributed by atoms with E-state index in [-0.39, 0.29) is 46.7 Å². The maximum Gasteiger partial charge on any atom is 0.348 e. The largest absolute Gasteiger partial charge is 0.506 e. The minimum atomic E-state index is -3.97. The van der Waals surface area contributed by atoms with Gasteiger partial charge in [-0.2, -0.15) is 4.76 Å². The van der Waals surface area contributed by atoms with Gasteiger partial charge in [0.25, 0.3) is 17.2 Å². The highest BCUT2D eigenvalue weighted by atomic mass is 32.2. The fourth-order valence-electron chi connectivity index (χ4n) is 4.13. The van der Waals surface area contributed by atoms with E-state index in [4.69, 9.17) is 9.08 Å². The van der Waals surface area contributed by atoms with Crippen molar-refractivity contribution in [2.24, 2.45) is 15.6 Å². The first-order chi connectivity index (χ1) is 16.4. The van der Waals surface area contributed by atoms with Crippen LogP contribution in [0.2, 0.25) is 0 Å². The number of benzene rings is 1. The summed E-state index contributed by atoms with van der Waals surface area (Å²) >= 11 is -2.35. The minimum absolute atomic E-state index is 0.0275. The SMILES string of the molecule is CCOP1(=O)N=C(C2=C(O)C(O)(C(C)(C)C)N(CCC(C)(C)C)C2=O)Nc2ccc(NS(=O)O)cc21. The number of nitrogens with zero attached hydrogens (tertiary/aromatic N) is 2. The highest BCUT2D eigenvalue weighted by Gasteiger charge is 2.59. The van der Waals surface area contributed by atoms with Crippen molar-refractivity contribution < 1.29 is 32.9 Å². The van der Waals surface area contributed by atoms with Crippen LogP contribution in [0.5, 0.6) is 0 Å².